The smallest absolute Gasteiger partial charge is 0.204 e. The highest BCUT2D eigenvalue weighted by Crippen LogP contribution is 2.36. The van der Waals surface area contributed by atoms with Crippen molar-refractivity contribution in [3.05, 3.63) is 54.0 Å². The first-order chi connectivity index (χ1) is 13.1. The van der Waals surface area contributed by atoms with Crippen LogP contribution in [0.3, 0.4) is 0 Å². The number of ether oxygens (including phenoxy) is 1. The van der Waals surface area contributed by atoms with Gasteiger partial charge in [-0.3, -0.25) is 4.98 Å². The molecule has 2 aromatic carbocycles. The molecule has 0 bridgehead atoms. The number of H-pyrrole nitrogens is 1. The van der Waals surface area contributed by atoms with E-state index in [0.29, 0.717) is 22.7 Å². The summed E-state index contributed by atoms with van der Waals surface area (Å²) in [6.45, 7) is 4.16. The average Bonchev–Trinajstić information content (AvgIpc) is 3.21. The lowest BCUT2D eigenvalue weighted by Crippen LogP contribution is -1.97. The molecule has 7 heteroatoms. The number of benzene rings is 2. The molecule has 2 aromatic heterocycles. The van der Waals surface area contributed by atoms with E-state index in [4.69, 9.17) is 4.74 Å². The van der Waals surface area contributed by atoms with E-state index < -0.39 is 0 Å². The van der Waals surface area contributed by atoms with Gasteiger partial charge in [0.2, 0.25) is 5.82 Å². The number of hydrogen-bond donors (Lipinski definition) is 1. The van der Waals surface area contributed by atoms with Gasteiger partial charge in [-0.05, 0) is 34.4 Å². The molecule has 0 aliphatic carbocycles. The van der Waals surface area contributed by atoms with Crippen LogP contribution in [0.2, 0.25) is 0 Å². The molecule has 2 heterocycles. The standard InChI is InChI=1S/C20H18FN5O/c1-11(2)16-8-12(4-6-14(16)20-23-25-26-24-20)19-15-7-5-13(27-3)9-18(15)22-10-17(19)21/h4-11H,1-3H3,(H,23,24,25,26). The fourth-order valence-corrected chi connectivity index (χ4v) is 3.24. The predicted molar refractivity (Wildman–Crippen MR) is 101 cm³/mol. The van der Waals surface area contributed by atoms with E-state index >= 15 is 0 Å². The van der Waals surface area contributed by atoms with Gasteiger partial charge in [0.1, 0.15) is 11.6 Å². The monoisotopic (exact) mass is 363 g/mol. The van der Waals surface area contributed by atoms with Gasteiger partial charge in [0.05, 0.1) is 18.8 Å². The molecule has 0 unspecified atom stereocenters. The molecule has 6 nitrogen and oxygen atoms in total. The average molecular weight is 363 g/mol. The summed E-state index contributed by atoms with van der Waals surface area (Å²) in [6, 6.07) is 11.2. The lowest BCUT2D eigenvalue weighted by molar-refractivity contribution is 0.415. The number of methoxy groups -OCH3 is 1. The van der Waals surface area contributed by atoms with E-state index in [9.17, 15) is 4.39 Å². The highest BCUT2D eigenvalue weighted by Gasteiger charge is 2.17. The van der Waals surface area contributed by atoms with Crippen molar-refractivity contribution in [2.75, 3.05) is 7.11 Å². The molecule has 0 saturated carbocycles. The van der Waals surface area contributed by atoms with Crippen LogP contribution < -0.4 is 4.74 Å². The molecule has 0 fully saturated rings. The first-order valence-electron chi connectivity index (χ1n) is 8.59. The molecule has 0 aliphatic rings. The molecule has 0 aliphatic heterocycles. The Morgan fingerprint density at radius 1 is 1.11 bits per heavy atom. The van der Waals surface area contributed by atoms with Crippen LogP contribution in [0.25, 0.3) is 33.4 Å². The molecule has 0 radical (unpaired) electrons. The molecule has 0 spiro atoms. The summed E-state index contributed by atoms with van der Waals surface area (Å²) in [5, 5.41) is 15.0. The third-order valence-corrected chi connectivity index (χ3v) is 4.58. The topological polar surface area (TPSA) is 76.6 Å². The third kappa shape index (κ3) is 3.01. The van der Waals surface area contributed by atoms with Crippen molar-refractivity contribution in [2.45, 2.75) is 19.8 Å². The number of nitrogens with zero attached hydrogens (tertiary/aromatic N) is 4. The number of tetrazole rings is 1. The maximum Gasteiger partial charge on any atom is 0.204 e. The summed E-state index contributed by atoms with van der Waals surface area (Å²) in [5.74, 6) is 1.04. The Labute approximate surface area is 155 Å². The number of aromatic nitrogens is 5. The van der Waals surface area contributed by atoms with Gasteiger partial charge in [-0.1, -0.05) is 32.0 Å². The lowest BCUT2D eigenvalue weighted by Gasteiger charge is -2.15. The minimum Gasteiger partial charge on any atom is -0.497 e. The molecule has 0 atom stereocenters. The van der Waals surface area contributed by atoms with Crippen molar-refractivity contribution in [1.82, 2.24) is 25.6 Å². The van der Waals surface area contributed by atoms with Crippen LogP contribution in [0.15, 0.2) is 42.6 Å². The van der Waals surface area contributed by atoms with Crippen molar-refractivity contribution in [3.8, 4) is 28.3 Å². The van der Waals surface area contributed by atoms with E-state index in [-0.39, 0.29) is 11.7 Å². The number of hydrogen-bond acceptors (Lipinski definition) is 5. The highest BCUT2D eigenvalue weighted by molar-refractivity contribution is 5.95. The van der Waals surface area contributed by atoms with Crippen molar-refractivity contribution in [3.63, 3.8) is 0 Å². The van der Waals surface area contributed by atoms with Gasteiger partial charge < -0.3 is 4.74 Å². The summed E-state index contributed by atoms with van der Waals surface area (Å²) in [7, 11) is 1.59. The number of fused-ring (bicyclic) bond motifs is 1. The van der Waals surface area contributed by atoms with Gasteiger partial charge in [0, 0.05) is 22.6 Å². The van der Waals surface area contributed by atoms with Crippen LogP contribution in [-0.4, -0.2) is 32.7 Å². The molecular weight excluding hydrogens is 345 g/mol. The van der Waals surface area contributed by atoms with Crippen LogP contribution in [0.1, 0.15) is 25.3 Å². The maximum absolute atomic E-state index is 14.8. The maximum atomic E-state index is 14.8. The summed E-state index contributed by atoms with van der Waals surface area (Å²) < 4.78 is 20.0. The fraction of sp³-hybridized carbons (Fsp3) is 0.200. The fourth-order valence-electron chi connectivity index (χ4n) is 3.24. The summed E-state index contributed by atoms with van der Waals surface area (Å²) in [4.78, 5) is 4.20. The normalized spacial score (nSPS) is 11.3. The molecule has 136 valence electrons. The molecule has 4 aromatic rings. The Hall–Kier alpha value is -3.35. The molecule has 0 amide bonds. The van der Waals surface area contributed by atoms with Gasteiger partial charge in [-0.25, -0.2) is 4.39 Å². The minimum absolute atomic E-state index is 0.203. The zero-order chi connectivity index (χ0) is 19.0. The Kier molecular flexibility index (Phi) is 4.27. The van der Waals surface area contributed by atoms with Crippen LogP contribution >= 0.6 is 0 Å². The molecule has 0 saturated heterocycles. The van der Waals surface area contributed by atoms with E-state index in [1.807, 2.05) is 30.3 Å². The summed E-state index contributed by atoms with van der Waals surface area (Å²) >= 11 is 0. The number of aromatic amines is 1. The number of rotatable bonds is 4. The quantitative estimate of drug-likeness (QED) is 0.583. The van der Waals surface area contributed by atoms with Crippen molar-refractivity contribution in [1.29, 1.82) is 0 Å². The third-order valence-electron chi connectivity index (χ3n) is 4.58. The highest BCUT2D eigenvalue weighted by atomic mass is 19.1. The van der Waals surface area contributed by atoms with E-state index in [1.54, 1.807) is 13.2 Å². The zero-order valence-corrected chi connectivity index (χ0v) is 15.2. The second-order valence-electron chi connectivity index (χ2n) is 6.56. The Balaban J connectivity index is 1.93. The van der Waals surface area contributed by atoms with E-state index in [0.717, 1.165) is 22.1 Å². The van der Waals surface area contributed by atoms with E-state index in [2.05, 4.69) is 39.5 Å². The number of halogens is 1. The van der Waals surface area contributed by atoms with Gasteiger partial charge in [0.15, 0.2) is 0 Å². The first kappa shape index (κ1) is 17.1. The first-order valence-corrected chi connectivity index (χ1v) is 8.59. The molecule has 27 heavy (non-hydrogen) atoms. The Morgan fingerprint density at radius 2 is 1.96 bits per heavy atom. The second kappa shape index (κ2) is 6.75. The molecular formula is C20H18FN5O. The minimum atomic E-state index is -0.366. The largest absolute Gasteiger partial charge is 0.497 e. The predicted octanol–water partition coefficient (Wildman–Crippen LogP) is 4.35. The number of pyridine rings is 1. The Bertz CT molecular complexity index is 1110. The second-order valence-corrected chi connectivity index (χ2v) is 6.56. The van der Waals surface area contributed by atoms with Crippen LogP contribution in [-0.2, 0) is 0 Å². The molecule has 1 N–H and O–H groups in total. The van der Waals surface area contributed by atoms with Crippen LogP contribution in [0.4, 0.5) is 4.39 Å². The van der Waals surface area contributed by atoms with Crippen LogP contribution in [0.5, 0.6) is 5.75 Å². The van der Waals surface area contributed by atoms with Gasteiger partial charge in [-0.15, -0.1) is 10.2 Å². The zero-order valence-electron chi connectivity index (χ0n) is 15.2. The van der Waals surface area contributed by atoms with Crippen molar-refractivity contribution < 1.29 is 9.13 Å². The van der Waals surface area contributed by atoms with Gasteiger partial charge in [0.25, 0.3) is 0 Å². The Morgan fingerprint density at radius 3 is 2.67 bits per heavy atom. The molecule has 4 rings (SSSR count). The van der Waals surface area contributed by atoms with Gasteiger partial charge in [-0.2, -0.15) is 5.21 Å². The van der Waals surface area contributed by atoms with Crippen LogP contribution in [0, 0.1) is 5.82 Å². The lowest BCUT2D eigenvalue weighted by atomic mass is 9.91. The van der Waals surface area contributed by atoms with Gasteiger partial charge >= 0.3 is 0 Å². The van der Waals surface area contributed by atoms with Crippen molar-refractivity contribution in [2.24, 2.45) is 0 Å². The van der Waals surface area contributed by atoms with Crippen molar-refractivity contribution >= 4 is 10.9 Å². The number of nitrogens with one attached hydrogen (secondary N) is 1. The summed E-state index contributed by atoms with van der Waals surface area (Å²) in [5.41, 5.74) is 3.87. The summed E-state index contributed by atoms with van der Waals surface area (Å²) in [6.07, 6.45) is 1.25. The van der Waals surface area contributed by atoms with E-state index in [1.165, 1.54) is 6.20 Å². The SMILES string of the molecule is COc1ccc2c(-c3ccc(-c4nn[nH]n4)c(C(C)C)c3)c(F)cnc2c1.